The van der Waals surface area contributed by atoms with Crippen LogP contribution in [0.5, 0.6) is 23.0 Å². The molecule has 2 aliphatic rings. The monoisotopic (exact) mass is 333 g/mol. The number of piperidine rings is 1. The molecule has 0 aliphatic carbocycles. The number of methoxy groups -OCH3 is 2. The van der Waals surface area contributed by atoms with Crippen LogP contribution in [0.1, 0.15) is 31.7 Å². The minimum Gasteiger partial charge on any atom is -0.493 e. The lowest BCUT2D eigenvalue weighted by molar-refractivity contribution is -0.129. The summed E-state index contributed by atoms with van der Waals surface area (Å²) in [6, 6.07) is 2.07. The Morgan fingerprint density at radius 1 is 1.25 bits per heavy atom. The highest BCUT2D eigenvalue weighted by molar-refractivity contribution is 5.93. The van der Waals surface area contributed by atoms with Gasteiger partial charge in [-0.3, -0.25) is 4.79 Å². The van der Waals surface area contributed by atoms with Crippen molar-refractivity contribution in [2.24, 2.45) is 0 Å². The number of hydrogen-bond donors (Lipinski definition) is 0. The molecule has 0 N–H and O–H groups in total. The Hall–Kier alpha value is -2.37. The molecule has 0 bridgehead atoms. The van der Waals surface area contributed by atoms with Gasteiger partial charge in [0.25, 0.3) is 0 Å². The number of benzene rings is 1. The molecule has 1 aromatic rings. The molecule has 6 nitrogen and oxygen atoms in total. The molecule has 24 heavy (non-hydrogen) atoms. The maximum Gasteiger partial charge on any atom is 0.246 e. The van der Waals surface area contributed by atoms with E-state index in [2.05, 4.69) is 6.92 Å². The fourth-order valence-electron chi connectivity index (χ4n) is 3.20. The third-order valence-corrected chi connectivity index (χ3v) is 4.51. The summed E-state index contributed by atoms with van der Waals surface area (Å²) in [7, 11) is 3.13. The van der Waals surface area contributed by atoms with Crippen LogP contribution >= 0.6 is 0 Å². The van der Waals surface area contributed by atoms with Crippen LogP contribution in [0.15, 0.2) is 12.1 Å². The normalized spacial score (nSPS) is 19.6. The van der Waals surface area contributed by atoms with Crippen molar-refractivity contribution in [2.75, 3.05) is 27.6 Å². The molecule has 6 heteroatoms. The van der Waals surface area contributed by atoms with Crippen molar-refractivity contribution in [1.29, 1.82) is 0 Å². The summed E-state index contributed by atoms with van der Waals surface area (Å²) >= 11 is 0. The zero-order valence-electron chi connectivity index (χ0n) is 14.3. The largest absolute Gasteiger partial charge is 0.493 e. The number of rotatable bonds is 4. The first-order valence-electron chi connectivity index (χ1n) is 8.19. The van der Waals surface area contributed by atoms with Gasteiger partial charge in [-0.15, -0.1) is 0 Å². The van der Waals surface area contributed by atoms with Crippen molar-refractivity contribution >= 4 is 12.0 Å². The second-order valence-electron chi connectivity index (χ2n) is 5.98. The van der Waals surface area contributed by atoms with Gasteiger partial charge in [0.05, 0.1) is 14.2 Å². The van der Waals surface area contributed by atoms with Crippen LogP contribution in [0.25, 0.3) is 6.08 Å². The molecular weight excluding hydrogens is 310 g/mol. The van der Waals surface area contributed by atoms with E-state index in [-0.39, 0.29) is 18.7 Å². The van der Waals surface area contributed by atoms with E-state index in [1.54, 1.807) is 32.4 Å². The second kappa shape index (κ2) is 7.03. The first kappa shape index (κ1) is 16.5. The molecule has 130 valence electrons. The topological polar surface area (TPSA) is 57.2 Å². The summed E-state index contributed by atoms with van der Waals surface area (Å²) in [5.41, 5.74) is 0.719. The fraction of sp³-hybridized carbons (Fsp3) is 0.500. The fourth-order valence-corrected chi connectivity index (χ4v) is 3.20. The molecule has 3 rings (SSSR count). The first-order valence-corrected chi connectivity index (χ1v) is 8.19. The number of carbonyl (C=O) groups excluding carboxylic acids is 1. The molecule has 1 saturated heterocycles. The predicted molar refractivity (Wildman–Crippen MR) is 89.7 cm³/mol. The van der Waals surface area contributed by atoms with Crippen LogP contribution in [0, 0.1) is 0 Å². The Morgan fingerprint density at radius 3 is 2.75 bits per heavy atom. The maximum atomic E-state index is 12.5. The highest BCUT2D eigenvalue weighted by Gasteiger charge is 2.27. The van der Waals surface area contributed by atoms with Crippen LogP contribution < -0.4 is 18.9 Å². The third kappa shape index (κ3) is 3.00. The van der Waals surface area contributed by atoms with Crippen LogP contribution in [0.2, 0.25) is 0 Å². The summed E-state index contributed by atoms with van der Waals surface area (Å²) in [6.45, 7) is 3.03. The van der Waals surface area contributed by atoms with Crippen molar-refractivity contribution in [3.05, 3.63) is 17.7 Å². The first-order chi connectivity index (χ1) is 11.7. The molecular formula is C18H23NO5. The highest BCUT2D eigenvalue weighted by Crippen LogP contribution is 2.49. The zero-order chi connectivity index (χ0) is 17.1. The van der Waals surface area contributed by atoms with Crippen molar-refractivity contribution < 1.29 is 23.7 Å². The van der Waals surface area contributed by atoms with E-state index in [0.29, 0.717) is 23.0 Å². The lowest BCUT2D eigenvalue weighted by Gasteiger charge is -2.32. The van der Waals surface area contributed by atoms with E-state index in [1.165, 1.54) is 6.42 Å². The van der Waals surface area contributed by atoms with Crippen LogP contribution in [0.3, 0.4) is 0 Å². The van der Waals surface area contributed by atoms with Crippen molar-refractivity contribution in [1.82, 2.24) is 4.90 Å². The Labute approximate surface area is 141 Å². The van der Waals surface area contributed by atoms with Gasteiger partial charge in [0.2, 0.25) is 24.2 Å². The highest BCUT2D eigenvalue weighted by atomic mass is 16.7. The van der Waals surface area contributed by atoms with Gasteiger partial charge in [-0.2, -0.15) is 0 Å². The molecule has 1 aromatic carbocycles. The molecule has 2 aliphatic heterocycles. The predicted octanol–water partition coefficient (Wildman–Crippen LogP) is 2.85. The molecule has 0 aromatic heterocycles. The Bertz CT molecular complexity index is 655. The van der Waals surface area contributed by atoms with E-state index in [0.717, 1.165) is 24.9 Å². The van der Waals surface area contributed by atoms with Gasteiger partial charge in [-0.05, 0) is 38.3 Å². The van der Waals surface area contributed by atoms with Crippen molar-refractivity contribution in [3.63, 3.8) is 0 Å². The number of fused-ring (bicyclic) bond motifs is 1. The average molecular weight is 333 g/mol. The van der Waals surface area contributed by atoms with E-state index in [9.17, 15) is 4.79 Å². The molecule has 1 unspecified atom stereocenters. The van der Waals surface area contributed by atoms with Crippen molar-refractivity contribution in [2.45, 2.75) is 32.2 Å². The summed E-state index contributed by atoms with van der Waals surface area (Å²) in [4.78, 5) is 14.4. The quantitative estimate of drug-likeness (QED) is 0.793. The number of carbonyl (C=O) groups is 1. The van der Waals surface area contributed by atoms with Gasteiger partial charge >= 0.3 is 0 Å². The lowest BCUT2D eigenvalue weighted by Crippen LogP contribution is -2.41. The van der Waals surface area contributed by atoms with Crippen molar-refractivity contribution in [3.8, 4) is 23.0 Å². The number of hydrogen-bond acceptors (Lipinski definition) is 5. The van der Waals surface area contributed by atoms with Gasteiger partial charge in [-0.25, -0.2) is 0 Å². The SMILES string of the molecule is COc1cc(C=CC(=O)N2CCCCC2C)c(OC)c2c1OCO2. The third-order valence-electron chi connectivity index (χ3n) is 4.51. The minimum atomic E-state index is 0.0147. The number of nitrogens with zero attached hydrogens (tertiary/aromatic N) is 1. The smallest absolute Gasteiger partial charge is 0.246 e. The van der Waals surface area contributed by atoms with Gasteiger partial charge in [0.1, 0.15) is 0 Å². The number of amides is 1. The summed E-state index contributed by atoms with van der Waals surface area (Å²) in [6.07, 6.45) is 6.63. The number of ether oxygens (including phenoxy) is 4. The summed E-state index contributed by atoms with van der Waals surface area (Å²) < 4.78 is 21.7. The van der Waals surface area contributed by atoms with E-state index in [1.807, 2.05) is 4.90 Å². The van der Waals surface area contributed by atoms with Gasteiger partial charge in [0.15, 0.2) is 11.5 Å². The minimum absolute atomic E-state index is 0.0147. The van der Waals surface area contributed by atoms with Gasteiger partial charge in [0, 0.05) is 24.2 Å². The van der Waals surface area contributed by atoms with Crippen LogP contribution in [-0.4, -0.2) is 44.4 Å². The standard InChI is InChI=1S/C18H23NO5/c1-12-6-4-5-9-19(12)15(20)8-7-13-10-14(21-2)17-18(16(13)22-3)24-11-23-17/h7-8,10,12H,4-6,9,11H2,1-3H3. The van der Waals surface area contributed by atoms with E-state index >= 15 is 0 Å². The van der Waals surface area contributed by atoms with E-state index < -0.39 is 0 Å². The second-order valence-corrected chi connectivity index (χ2v) is 5.98. The summed E-state index contributed by atoms with van der Waals surface area (Å²) in [5.74, 6) is 2.15. The van der Waals surface area contributed by atoms with Gasteiger partial charge in [-0.1, -0.05) is 0 Å². The molecule has 1 atom stereocenters. The average Bonchev–Trinajstić information content (AvgIpc) is 3.08. The zero-order valence-corrected chi connectivity index (χ0v) is 14.3. The molecule has 0 saturated carbocycles. The lowest BCUT2D eigenvalue weighted by atomic mass is 10.0. The summed E-state index contributed by atoms with van der Waals surface area (Å²) in [5, 5.41) is 0. The van der Waals surface area contributed by atoms with Crippen LogP contribution in [-0.2, 0) is 4.79 Å². The number of likely N-dealkylation sites (tertiary alicyclic amines) is 1. The Balaban J connectivity index is 1.87. The Morgan fingerprint density at radius 2 is 2.04 bits per heavy atom. The maximum absolute atomic E-state index is 12.5. The molecule has 2 heterocycles. The Kier molecular flexibility index (Phi) is 4.83. The van der Waals surface area contributed by atoms with Gasteiger partial charge < -0.3 is 23.8 Å². The molecule has 1 fully saturated rings. The molecule has 0 radical (unpaired) electrons. The molecule has 0 spiro atoms. The van der Waals surface area contributed by atoms with E-state index in [4.69, 9.17) is 18.9 Å². The van der Waals surface area contributed by atoms with Crippen LogP contribution in [0.4, 0.5) is 0 Å². The molecule has 1 amide bonds.